The second-order valence-corrected chi connectivity index (χ2v) is 5.60. The highest BCUT2D eigenvalue weighted by atomic mass is 16.5. The van der Waals surface area contributed by atoms with Gasteiger partial charge in [-0.3, -0.25) is 4.79 Å². The summed E-state index contributed by atoms with van der Waals surface area (Å²) < 4.78 is 7.63. The number of nitrogens with one attached hydrogen (secondary N) is 1. The van der Waals surface area contributed by atoms with E-state index in [1.807, 2.05) is 19.3 Å². The Hall–Kier alpha value is -1.78. The largest absolute Gasteiger partial charge is 0.498 e. The average Bonchev–Trinajstić information content (AvgIpc) is 2.92. The van der Waals surface area contributed by atoms with Gasteiger partial charge in [-0.05, 0) is 32.1 Å². The quantitative estimate of drug-likeness (QED) is 0.912. The van der Waals surface area contributed by atoms with Gasteiger partial charge < -0.3 is 14.6 Å². The van der Waals surface area contributed by atoms with Crippen molar-refractivity contribution < 1.29 is 9.53 Å². The van der Waals surface area contributed by atoms with Gasteiger partial charge in [-0.1, -0.05) is 0 Å². The van der Waals surface area contributed by atoms with Crippen molar-refractivity contribution in [2.75, 3.05) is 13.2 Å². The molecule has 0 radical (unpaired) electrons. The van der Waals surface area contributed by atoms with Crippen LogP contribution < -0.4 is 5.32 Å². The first-order chi connectivity index (χ1) is 9.74. The Morgan fingerprint density at radius 2 is 2.45 bits per heavy atom. The van der Waals surface area contributed by atoms with E-state index in [0.29, 0.717) is 5.92 Å². The van der Waals surface area contributed by atoms with Crippen molar-refractivity contribution in [1.29, 1.82) is 0 Å². The molecule has 0 aliphatic carbocycles. The van der Waals surface area contributed by atoms with Gasteiger partial charge in [0.25, 0.3) is 5.91 Å². The summed E-state index contributed by atoms with van der Waals surface area (Å²) in [6.45, 7) is 4.29. The number of aryl methyl sites for hydroxylation is 1. The fourth-order valence-electron chi connectivity index (χ4n) is 2.96. The summed E-state index contributed by atoms with van der Waals surface area (Å²) in [5.41, 5.74) is 0.815. The molecule has 108 valence electrons. The van der Waals surface area contributed by atoms with Gasteiger partial charge in [-0.25, -0.2) is 4.98 Å². The molecule has 5 nitrogen and oxygen atoms in total. The van der Waals surface area contributed by atoms with Crippen molar-refractivity contribution in [1.82, 2.24) is 14.9 Å². The lowest BCUT2D eigenvalue weighted by atomic mass is 9.99. The van der Waals surface area contributed by atoms with E-state index in [1.165, 1.54) is 0 Å². The molecule has 20 heavy (non-hydrogen) atoms. The smallest absolute Gasteiger partial charge is 0.250 e. The van der Waals surface area contributed by atoms with Crippen LogP contribution in [0.1, 0.15) is 32.0 Å². The molecule has 0 fully saturated rings. The summed E-state index contributed by atoms with van der Waals surface area (Å²) >= 11 is 0. The van der Waals surface area contributed by atoms with Crippen LogP contribution in [0.15, 0.2) is 23.7 Å². The molecule has 1 aromatic heterocycles. The van der Waals surface area contributed by atoms with Crippen LogP contribution in [0.2, 0.25) is 0 Å². The number of imidazole rings is 1. The molecule has 2 aliphatic rings. The molecule has 1 amide bonds. The van der Waals surface area contributed by atoms with Crippen molar-refractivity contribution >= 4 is 5.91 Å². The molecule has 0 bridgehead atoms. The Bertz CT molecular complexity index is 533. The van der Waals surface area contributed by atoms with Gasteiger partial charge in [-0.2, -0.15) is 0 Å². The summed E-state index contributed by atoms with van der Waals surface area (Å²) in [4.78, 5) is 16.5. The Balaban J connectivity index is 1.54. The molecule has 3 heterocycles. The fourth-order valence-corrected chi connectivity index (χ4v) is 2.96. The van der Waals surface area contributed by atoms with E-state index in [-0.39, 0.29) is 5.91 Å². The van der Waals surface area contributed by atoms with Crippen molar-refractivity contribution in [3.8, 4) is 0 Å². The molecule has 1 atom stereocenters. The van der Waals surface area contributed by atoms with Crippen LogP contribution in [0.4, 0.5) is 0 Å². The molecule has 0 saturated heterocycles. The van der Waals surface area contributed by atoms with Gasteiger partial charge >= 0.3 is 0 Å². The van der Waals surface area contributed by atoms with Crippen LogP contribution in [0, 0.1) is 5.92 Å². The maximum Gasteiger partial charge on any atom is 0.250 e. The lowest BCUT2D eigenvalue weighted by Gasteiger charge is -2.25. The number of nitrogens with zero attached hydrogens (tertiary/aromatic N) is 2. The van der Waals surface area contributed by atoms with Crippen molar-refractivity contribution in [3.05, 3.63) is 29.6 Å². The van der Waals surface area contributed by atoms with Gasteiger partial charge in [-0.15, -0.1) is 0 Å². The van der Waals surface area contributed by atoms with Crippen molar-refractivity contribution in [3.63, 3.8) is 0 Å². The number of hydrogen-bond acceptors (Lipinski definition) is 3. The minimum atomic E-state index is 0.0404. The zero-order valence-electron chi connectivity index (χ0n) is 11.9. The van der Waals surface area contributed by atoms with E-state index in [9.17, 15) is 4.79 Å². The predicted octanol–water partition coefficient (Wildman–Crippen LogP) is 1.65. The van der Waals surface area contributed by atoms with Crippen LogP contribution in [0.3, 0.4) is 0 Å². The van der Waals surface area contributed by atoms with E-state index in [4.69, 9.17) is 4.74 Å². The highest BCUT2D eigenvalue weighted by Gasteiger charge is 2.21. The van der Waals surface area contributed by atoms with Gasteiger partial charge in [0.2, 0.25) is 0 Å². The van der Waals surface area contributed by atoms with Crippen molar-refractivity contribution in [2.45, 2.75) is 39.2 Å². The van der Waals surface area contributed by atoms with E-state index in [0.717, 1.165) is 62.5 Å². The second kappa shape index (κ2) is 5.69. The van der Waals surface area contributed by atoms with Crippen LogP contribution in [0.5, 0.6) is 0 Å². The third-order valence-corrected chi connectivity index (χ3v) is 4.17. The number of carbonyl (C=O) groups excluding carboxylic acids is 1. The van der Waals surface area contributed by atoms with Gasteiger partial charge in [0.05, 0.1) is 12.2 Å². The number of ether oxygens (including phenoxy) is 1. The van der Waals surface area contributed by atoms with E-state index in [1.54, 1.807) is 0 Å². The summed E-state index contributed by atoms with van der Waals surface area (Å²) in [7, 11) is 0. The first kappa shape index (κ1) is 13.2. The third kappa shape index (κ3) is 2.71. The minimum Gasteiger partial charge on any atom is -0.498 e. The molecule has 1 N–H and O–H groups in total. The van der Waals surface area contributed by atoms with Crippen LogP contribution >= 0.6 is 0 Å². The van der Waals surface area contributed by atoms with Crippen molar-refractivity contribution in [2.24, 2.45) is 5.92 Å². The van der Waals surface area contributed by atoms with E-state index >= 15 is 0 Å². The number of carbonyl (C=O) groups is 1. The molecular formula is C15H21N3O2. The van der Waals surface area contributed by atoms with Crippen LogP contribution in [-0.2, 0) is 22.5 Å². The zero-order chi connectivity index (χ0) is 13.9. The number of allylic oxidation sites excluding steroid dienone is 1. The number of aromatic nitrogens is 2. The first-order valence-electron chi connectivity index (χ1n) is 7.35. The Kier molecular flexibility index (Phi) is 3.76. The Labute approximate surface area is 119 Å². The monoisotopic (exact) mass is 275 g/mol. The molecule has 1 aromatic rings. The summed E-state index contributed by atoms with van der Waals surface area (Å²) in [5, 5.41) is 3.06. The number of rotatable bonds is 3. The maximum absolute atomic E-state index is 12.2. The normalized spacial score (nSPS) is 22.1. The van der Waals surface area contributed by atoms with Gasteiger partial charge in [0.1, 0.15) is 11.6 Å². The number of fused-ring (bicyclic) bond motifs is 1. The Morgan fingerprint density at radius 1 is 1.55 bits per heavy atom. The summed E-state index contributed by atoms with van der Waals surface area (Å²) in [6, 6.07) is 0. The molecule has 0 aromatic carbocycles. The molecule has 0 saturated carbocycles. The lowest BCUT2D eigenvalue weighted by molar-refractivity contribution is -0.118. The highest BCUT2D eigenvalue weighted by molar-refractivity contribution is 5.93. The van der Waals surface area contributed by atoms with E-state index < -0.39 is 0 Å². The molecule has 3 rings (SSSR count). The average molecular weight is 275 g/mol. The zero-order valence-corrected chi connectivity index (χ0v) is 11.9. The second-order valence-electron chi connectivity index (χ2n) is 5.60. The number of hydrogen-bond donors (Lipinski definition) is 1. The van der Waals surface area contributed by atoms with Crippen LogP contribution in [-0.4, -0.2) is 28.6 Å². The summed E-state index contributed by atoms with van der Waals surface area (Å²) in [6.07, 6.45) is 7.72. The fraction of sp³-hybridized carbons (Fsp3) is 0.600. The third-order valence-electron chi connectivity index (χ3n) is 4.17. The minimum absolute atomic E-state index is 0.0404. The highest BCUT2D eigenvalue weighted by Crippen LogP contribution is 2.20. The number of amides is 1. The molecule has 2 aliphatic heterocycles. The lowest BCUT2D eigenvalue weighted by Crippen LogP contribution is -2.35. The molecular weight excluding hydrogens is 254 g/mol. The van der Waals surface area contributed by atoms with Gasteiger partial charge in [0, 0.05) is 31.9 Å². The van der Waals surface area contributed by atoms with Gasteiger partial charge in [0.15, 0.2) is 0 Å². The Morgan fingerprint density at radius 3 is 3.30 bits per heavy atom. The standard InChI is InChI=1S/C15H21N3O2/c1-11-13(3-2-8-20-11)15(19)17-9-12-4-5-14-16-6-7-18(14)10-12/h6-7,12H,2-5,8-10H2,1H3,(H,17,19)/t12-/m0/s1. The topological polar surface area (TPSA) is 56.2 Å². The predicted molar refractivity (Wildman–Crippen MR) is 74.9 cm³/mol. The van der Waals surface area contributed by atoms with E-state index in [2.05, 4.69) is 14.9 Å². The van der Waals surface area contributed by atoms with Crippen LogP contribution in [0.25, 0.3) is 0 Å². The molecule has 0 spiro atoms. The maximum atomic E-state index is 12.2. The molecule has 0 unspecified atom stereocenters. The SMILES string of the molecule is CC1=C(C(=O)NC[C@@H]2CCc3nccn3C2)CCCO1. The summed E-state index contributed by atoms with van der Waals surface area (Å²) in [5.74, 6) is 2.48. The first-order valence-corrected chi connectivity index (χ1v) is 7.35. The molecule has 5 heteroatoms.